The van der Waals surface area contributed by atoms with E-state index in [0.717, 1.165) is 12.8 Å². The molecule has 0 amide bonds. The topological polar surface area (TPSA) is 46.5 Å². The number of ether oxygens (including phenoxy) is 1. The van der Waals surface area contributed by atoms with Gasteiger partial charge in [-0.25, -0.2) is 4.79 Å². The average Bonchev–Trinajstić information content (AvgIpc) is 1.87. The van der Waals surface area contributed by atoms with E-state index >= 15 is 0 Å². The highest BCUT2D eigenvalue weighted by atomic mass is 127. The van der Waals surface area contributed by atoms with Crippen LogP contribution in [-0.2, 0) is 4.74 Å². The van der Waals surface area contributed by atoms with E-state index in [4.69, 9.17) is 9.84 Å². The normalized spacial score (nSPS) is 15.5. The molecular weight excluding hydrogens is 259 g/mol. The van der Waals surface area contributed by atoms with Crippen LogP contribution in [0.5, 0.6) is 0 Å². The fourth-order valence-corrected chi connectivity index (χ4v) is 1.56. The van der Waals surface area contributed by atoms with Crippen molar-refractivity contribution in [3.63, 3.8) is 0 Å². The lowest BCUT2D eigenvalue weighted by Crippen LogP contribution is -2.26. The SMILES string of the molecule is CCCC(I)(CC)OC(=O)O. The number of carboxylic acid groups (broad SMARTS) is 1. The second-order valence-electron chi connectivity index (χ2n) is 2.35. The highest BCUT2D eigenvalue weighted by molar-refractivity contribution is 14.1. The summed E-state index contributed by atoms with van der Waals surface area (Å²) >= 11 is 2.05. The minimum absolute atomic E-state index is 0.516. The molecule has 0 bridgehead atoms. The van der Waals surface area contributed by atoms with Crippen LogP contribution in [0.1, 0.15) is 33.1 Å². The summed E-state index contributed by atoms with van der Waals surface area (Å²) in [6, 6.07) is 0. The van der Waals surface area contributed by atoms with Gasteiger partial charge in [-0.3, -0.25) is 0 Å². The molecule has 0 saturated carbocycles. The van der Waals surface area contributed by atoms with E-state index < -0.39 is 9.76 Å². The monoisotopic (exact) mass is 272 g/mol. The lowest BCUT2D eigenvalue weighted by molar-refractivity contribution is 0.0374. The van der Waals surface area contributed by atoms with Crippen LogP contribution in [0.2, 0.25) is 0 Å². The van der Waals surface area contributed by atoms with Gasteiger partial charge in [0.05, 0.1) is 0 Å². The molecule has 66 valence electrons. The molecule has 1 atom stereocenters. The molecule has 0 aliphatic heterocycles. The molecule has 0 aromatic rings. The Labute approximate surface area is 80.3 Å². The molecule has 0 rings (SSSR count). The summed E-state index contributed by atoms with van der Waals surface area (Å²) in [5, 5.41) is 8.38. The first-order valence-electron chi connectivity index (χ1n) is 3.65. The van der Waals surface area contributed by atoms with Crippen molar-refractivity contribution in [3.05, 3.63) is 0 Å². The number of carbonyl (C=O) groups is 1. The van der Waals surface area contributed by atoms with E-state index in [-0.39, 0.29) is 0 Å². The summed E-state index contributed by atoms with van der Waals surface area (Å²) in [4.78, 5) is 10.2. The smallest absolute Gasteiger partial charge is 0.450 e. The third kappa shape index (κ3) is 4.44. The lowest BCUT2D eigenvalue weighted by atomic mass is 10.2. The van der Waals surface area contributed by atoms with Crippen LogP contribution in [0.15, 0.2) is 0 Å². The maximum absolute atomic E-state index is 10.2. The third-order valence-electron chi connectivity index (χ3n) is 1.42. The Morgan fingerprint density at radius 1 is 1.64 bits per heavy atom. The highest BCUT2D eigenvalue weighted by Crippen LogP contribution is 2.30. The van der Waals surface area contributed by atoms with Crippen LogP contribution >= 0.6 is 22.6 Å². The van der Waals surface area contributed by atoms with Crippen LogP contribution in [0.3, 0.4) is 0 Å². The summed E-state index contributed by atoms with van der Waals surface area (Å²) in [7, 11) is 0. The van der Waals surface area contributed by atoms with Crippen molar-refractivity contribution in [1.82, 2.24) is 0 Å². The van der Waals surface area contributed by atoms with Crippen LogP contribution in [-0.4, -0.2) is 14.9 Å². The van der Waals surface area contributed by atoms with Gasteiger partial charge in [0.2, 0.25) is 0 Å². The third-order valence-corrected chi connectivity index (χ3v) is 2.94. The van der Waals surface area contributed by atoms with Gasteiger partial charge in [-0.15, -0.1) is 0 Å². The molecule has 0 fully saturated rings. The zero-order valence-corrected chi connectivity index (χ0v) is 8.92. The van der Waals surface area contributed by atoms with E-state index in [1.165, 1.54) is 0 Å². The minimum Gasteiger partial charge on any atom is -0.450 e. The standard InChI is InChI=1S/C7H13IO3/c1-3-5-7(8,4-2)11-6(9)10/h3-5H2,1-2H3,(H,9,10). The quantitative estimate of drug-likeness (QED) is 0.486. The summed E-state index contributed by atoms with van der Waals surface area (Å²) in [6.07, 6.45) is 1.24. The molecule has 1 N–H and O–H groups in total. The van der Waals surface area contributed by atoms with Gasteiger partial charge in [-0.2, -0.15) is 0 Å². The minimum atomic E-state index is -1.19. The first-order valence-corrected chi connectivity index (χ1v) is 4.73. The van der Waals surface area contributed by atoms with Crippen molar-refractivity contribution in [2.24, 2.45) is 0 Å². The molecular formula is C7H13IO3. The Morgan fingerprint density at radius 2 is 2.18 bits per heavy atom. The number of hydrogen-bond acceptors (Lipinski definition) is 2. The van der Waals surface area contributed by atoms with E-state index in [1.807, 2.05) is 13.8 Å². The van der Waals surface area contributed by atoms with E-state index in [0.29, 0.717) is 6.42 Å². The van der Waals surface area contributed by atoms with E-state index in [9.17, 15) is 4.79 Å². The van der Waals surface area contributed by atoms with Gasteiger partial charge in [0.1, 0.15) is 0 Å². The molecule has 1 unspecified atom stereocenters. The Morgan fingerprint density at radius 3 is 2.45 bits per heavy atom. The van der Waals surface area contributed by atoms with Crippen molar-refractivity contribution in [1.29, 1.82) is 0 Å². The molecule has 4 heteroatoms. The summed E-state index contributed by atoms with van der Waals surface area (Å²) < 4.78 is 4.22. The predicted molar refractivity (Wildman–Crippen MR) is 51.1 cm³/mol. The summed E-state index contributed by atoms with van der Waals surface area (Å²) in [6.45, 7) is 3.93. The molecule has 0 aromatic carbocycles. The van der Waals surface area contributed by atoms with Crippen molar-refractivity contribution in [3.8, 4) is 0 Å². The molecule has 0 aliphatic carbocycles. The second kappa shape index (κ2) is 4.79. The summed E-state index contributed by atoms with van der Waals surface area (Å²) in [5.41, 5.74) is 0. The molecule has 0 aliphatic rings. The number of alkyl halides is 1. The first kappa shape index (κ1) is 11.0. The Kier molecular flexibility index (Phi) is 4.79. The van der Waals surface area contributed by atoms with Gasteiger partial charge in [-0.1, -0.05) is 20.3 Å². The maximum Gasteiger partial charge on any atom is 0.507 e. The molecule has 0 radical (unpaired) electrons. The predicted octanol–water partition coefficient (Wildman–Crippen LogP) is 3.02. The van der Waals surface area contributed by atoms with Gasteiger partial charge < -0.3 is 9.84 Å². The van der Waals surface area contributed by atoms with E-state index in [2.05, 4.69) is 22.6 Å². The van der Waals surface area contributed by atoms with Crippen molar-refractivity contribution in [2.45, 2.75) is 36.7 Å². The van der Waals surface area contributed by atoms with Gasteiger partial charge in [0, 0.05) is 0 Å². The molecule has 11 heavy (non-hydrogen) atoms. The highest BCUT2D eigenvalue weighted by Gasteiger charge is 2.27. The van der Waals surface area contributed by atoms with Gasteiger partial charge in [-0.05, 0) is 35.4 Å². The van der Waals surface area contributed by atoms with E-state index in [1.54, 1.807) is 0 Å². The Hall–Kier alpha value is 0. The zero-order chi connectivity index (χ0) is 8.91. The zero-order valence-electron chi connectivity index (χ0n) is 6.76. The second-order valence-corrected chi connectivity index (χ2v) is 4.32. The number of rotatable bonds is 4. The van der Waals surface area contributed by atoms with Crippen LogP contribution in [0.25, 0.3) is 0 Å². The van der Waals surface area contributed by atoms with Gasteiger partial charge >= 0.3 is 6.16 Å². The fourth-order valence-electron chi connectivity index (χ4n) is 0.830. The van der Waals surface area contributed by atoms with Gasteiger partial charge in [0.25, 0.3) is 0 Å². The van der Waals surface area contributed by atoms with Crippen molar-refractivity contribution in [2.75, 3.05) is 0 Å². The Balaban J connectivity index is 3.98. The molecule has 0 spiro atoms. The van der Waals surface area contributed by atoms with Crippen molar-refractivity contribution >= 4 is 28.7 Å². The molecule has 0 aromatic heterocycles. The largest absolute Gasteiger partial charge is 0.507 e. The molecule has 3 nitrogen and oxygen atoms in total. The lowest BCUT2D eigenvalue weighted by Gasteiger charge is -2.23. The fraction of sp³-hybridized carbons (Fsp3) is 0.857. The van der Waals surface area contributed by atoms with Crippen LogP contribution in [0.4, 0.5) is 4.79 Å². The van der Waals surface area contributed by atoms with Crippen LogP contribution in [0, 0.1) is 0 Å². The average molecular weight is 272 g/mol. The molecule has 0 heterocycles. The van der Waals surface area contributed by atoms with Crippen LogP contribution < -0.4 is 0 Å². The summed E-state index contributed by atoms with van der Waals surface area (Å²) in [5.74, 6) is 0. The maximum atomic E-state index is 10.2. The Bertz CT molecular complexity index is 138. The number of hydrogen-bond donors (Lipinski definition) is 1. The number of halogens is 1. The molecule has 0 saturated heterocycles. The first-order chi connectivity index (χ1) is 5.04. The van der Waals surface area contributed by atoms with Gasteiger partial charge in [0.15, 0.2) is 3.61 Å². The van der Waals surface area contributed by atoms with Crippen molar-refractivity contribution < 1.29 is 14.6 Å².